The highest BCUT2D eigenvalue weighted by molar-refractivity contribution is 7.08. The van der Waals surface area contributed by atoms with Crippen LogP contribution in [0.1, 0.15) is 31.8 Å². The maximum absolute atomic E-state index is 13.1. The fourth-order valence-corrected chi connectivity index (χ4v) is 4.28. The van der Waals surface area contributed by atoms with Gasteiger partial charge in [0.15, 0.2) is 5.78 Å². The van der Waals surface area contributed by atoms with Crippen LogP contribution < -0.4 is 10.6 Å². The molecule has 1 heterocycles. The molecular weight excluding hydrogens is 527 g/mol. The van der Waals surface area contributed by atoms with E-state index >= 15 is 0 Å². The molecule has 0 bridgehead atoms. The van der Waals surface area contributed by atoms with Crippen molar-refractivity contribution in [2.75, 3.05) is 5.32 Å². The van der Waals surface area contributed by atoms with Crippen LogP contribution in [-0.4, -0.2) is 17.6 Å². The van der Waals surface area contributed by atoms with E-state index in [9.17, 15) is 14.4 Å². The summed E-state index contributed by atoms with van der Waals surface area (Å²) < 4.78 is 0. The Balaban J connectivity index is 1.46. The molecule has 4 aromatic rings. The number of ketones is 1. The Bertz CT molecular complexity index is 1480. The number of anilines is 1. The molecule has 1 aromatic heterocycles. The zero-order valence-electron chi connectivity index (χ0n) is 19.3. The molecule has 2 amide bonds. The van der Waals surface area contributed by atoms with Crippen molar-refractivity contribution in [3.05, 3.63) is 134 Å². The summed E-state index contributed by atoms with van der Waals surface area (Å²) in [5.74, 6) is -1.13. The monoisotopic (exact) mass is 546 g/mol. The Labute approximate surface area is 228 Å². The molecule has 0 saturated carbocycles. The van der Waals surface area contributed by atoms with Gasteiger partial charge in [-0.15, -0.1) is 0 Å². The lowest BCUT2D eigenvalue weighted by Crippen LogP contribution is -2.30. The Hall–Kier alpha value is -3.97. The minimum atomic E-state index is -0.495. The van der Waals surface area contributed by atoms with Crippen molar-refractivity contribution in [2.45, 2.75) is 0 Å². The van der Waals surface area contributed by atoms with E-state index in [-0.39, 0.29) is 11.5 Å². The molecule has 3 aromatic carbocycles. The van der Waals surface area contributed by atoms with Gasteiger partial charge in [-0.2, -0.15) is 11.3 Å². The van der Waals surface area contributed by atoms with Crippen molar-refractivity contribution in [1.82, 2.24) is 5.32 Å². The van der Waals surface area contributed by atoms with Gasteiger partial charge in [0.1, 0.15) is 5.70 Å². The van der Waals surface area contributed by atoms with Crippen LogP contribution in [0.5, 0.6) is 0 Å². The normalized spacial score (nSPS) is 11.4. The number of nitrogens with one attached hydrogen (secondary N) is 2. The molecule has 0 aliphatic carbocycles. The second kappa shape index (κ2) is 12.3. The van der Waals surface area contributed by atoms with Crippen LogP contribution in [0.25, 0.3) is 12.2 Å². The maximum atomic E-state index is 13.1. The molecule has 5 nitrogen and oxygen atoms in total. The molecule has 0 fully saturated rings. The van der Waals surface area contributed by atoms with Crippen molar-refractivity contribution >= 4 is 70.0 Å². The van der Waals surface area contributed by atoms with Crippen LogP contribution in [0.3, 0.4) is 0 Å². The first-order chi connectivity index (χ1) is 17.9. The zero-order valence-corrected chi connectivity index (χ0v) is 21.6. The van der Waals surface area contributed by atoms with Crippen LogP contribution in [-0.2, 0) is 4.79 Å². The smallest absolute Gasteiger partial charge is 0.272 e. The quantitative estimate of drug-likeness (QED) is 0.179. The zero-order chi connectivity index (χ0) is 26.2. The van der Waals surface area contributed by atoms with Gasteiger partial charge >= 0.3 is 0 Å². The van der Waals surface area contributed by atoms with Crippen molar-refractivity contribution in [1.29, 1.82) is 0 Å². The van der Waals surface area contributed by atoms with E-state index in [1.54, 1.807) is 78.9 Å². The van der Waals surface area contributed by atoms with Crippen LogP contribution in [0, 0.1) is 0 Å². The van der Waals surface area contributed by atoms with Crippen LogP contribution in [0.2, 0.25) is 10.0 Å². The average molecular weight is 547 g/mol. The highest BCUT2D eigenvalue weighted by atomic mass is 35.5. The van der Waals surface area contributed by atoms with Crippen LogP contribution in [0.4, 0.5) is 5.69 Å². The highest BCUT2D eigenvalue weighted by Gasteiger charge is 2.15. The summed E-state index contributed by atoms with van der Waals surface area (Å²) >= 11 is 13.7. The van der Waals surface area contributed by atoms with E-state index < -0.39 is 11.8 Å². The predicted octanol–water partition coefficient (Wildman–Crippen LogP) is 7.36. The second-order valence-electron chi connectivity index (χ2n) is 7.81. The molecule has 0 atom stereocenters. The van der Waals surface area contributed by atoms with Crippen molar-refractivity contribution in [3.63, 3.8) is 0 Å². The Morgan fingerprint density at radius 1 is 0.811 bits per heavy atom. The van der Waals surface area contributed by atoms with E-state index in [1.807, 2.05) is 22.9 Å². The lowest BCUT2D eigenvalue weighted by Gasteiger charge is -2.11. The summed E-state index contributed by atoms with van der Waals surface area (Å²) in [5, 5.41) is 9.99. The number of amides is 2. The topological polar surface area (TPSA) is 75.3 Å². The third kappa shape index (κ3) is 7.05. The molecular formula is C29H20Cl2N2O3S. The minimum Gasteiger partial charge on any atom is -0.321 e. The standard InChI is InChI=1S/C29H20Cl2N2O3S/c30-24-8-4-7-21(27(24)31)11-14-26(34)20-9-12-23(13-10-20)32-29(36)25(17-19-15-16-37-18-19)33-28(35)22-5-2-1-3-6-22/h1-18H,(H,32,36)(H,33,35)/b14-11+,25-17-. The SMILES string of the molecule is O=C(Nc1ccc(C(=O)/C=C/c2cccc(Cl)c2Cl)cc1)/C(=C/c1ccsc1)NC(=O)c1ccccc1. The van der Waals surface area contributed by atoms with Gasteiger partial charge in [0, 0.05) is 16.8 Å². The number of carbonyl (C=O) groups is 3. The second-order valence-corrected chi connectivity index (χ2v) is 9.37. The van der Waals surface area contributed by atoms with Gasteiger partial charge in [-0.25, -0.2) is 0 Å². The van der Waals surface area contributed by atoms with E-state index in [4.69, 9.17) is 23.2 Å². The van der Waals surface area contributed by atoms with Gasteiger partial charge in [0.25, 0.3) is 11.8 Å². The van der Waals surface area contributed by atoms with Crippen molar-refractivity contribution in [2.24, 2.45) is 0 Å². The average Bonchev–Trinajstić information content (AvgIpc) is 3.43. The van der Waals surface area contributed by atoms with E-state index in [0.717, 1.165) is 5.56 Å². The van der Waals surface area contributed by atoms with Gasteiger partial charge in [0.2, 0.25) is 0 Å². The molecule has 0 aliphatic heterocycles. The van der Waals surface area contributed by atoms with Gasteiger partial charge in [0.05, 0.1) is 10.0 Å². The fraction of sp³-hybridized carbons (Fsp3) is 0. The summed E-state index contributed by atoms with van der Waals surface area (Å²) in [7, 11) is 0. The molecule has 37 heavy (non-hydrogen) atoms. The lowest BCUT2D eigenvalue weighted by atomic mass is 10.1. The first-order valence-corrected chi connectivity index (χ1v) is 12.8. The number of thiophene rings is 1. The minimum absolute atomic E-state index is 0.0914. The number of allylic oxidation sites excluding steroid dienone is 1. The van der Waals surface area contributed by atoms with E-state index in [2.05, 4.69) is 10.6 Å². The third-order valence-electron chi connectivity index (χ3n) is 5.21. The predicted molar refractivity (Wildman–Crippen MR) is 151 cm³/mol. The van der Waals surface area contributed by atoms with Gasteiger partial charge in [-0.05, 0) is 88.6 Å². The summed E-state index contributed by atoms with van der Waals surface area (Å²) in [6.07, 6.45) is 4.62. The van der Waals surface area contributed by atoms with Gasteiger partial charge in [-0.3, -0.25) is 14.4 Å². The van der Waals surface area contributed by atoms with E-state index in [0.29, 0.717) is 32.4 Å². The summed E-state index contributed by atoms with van der Waals surface area (Å²) in [4.78, 5) is 38.3. The number of hydrogen-bond acceptors (Lipinski definition) is 4. The molecule has 0 saturated heterocycles. The molecule has 8 heteroatoms. The third-order valence-corrected chi connectivity index (χ3v) is 6.74. The molecule has 0 unspecified atom stereocenters. The Kier molecular flexibility index (Phi) is 8.69. The van der Waals surface area contributed by atoms with Crippen molar-refractivity contribution < 1.29 is 14.4 Å². The molecule has 2 N–H and O–H groups in total. The lowest BCUT2D eigenvalue weighted by molar-refractivity contribution is -0.113. The van der Waals surface area contributed by atoms with Crippen LogP contribution in [0.15, 0.2) is 101 Å². The fourth-order valence-electron chi connectivity index (χ4n) is 3.29. The Morgan fingerprint density at radius 3 is 2.27 bits per heavy atom. The summed E-state index contributed by atoms with van der Waals surface area (Å²) in [6.45, 7) is 0. The largest absolute Gasteiger partial charge is 0.321 e. The molecule has 4 rings (SSSR count). The highest BCUT2D eigenvalue weighted by Crippen LogP contribution is 2.26. The van der Waals surface area contributed by atoms with Crippen LogP contribution >= 0.6 is 34.5 Å². The molecule has 184 valence electrons. The number of benzene rings is 3. The summed E-state index contributed by atoms with van der Waals surface area (Å²) in [6, 6.07) is 22.1. The van der Waals surface area contributed by atoms with Gasteiger partial charge in [-0.1, -0.05) is 53.5 Å². The van der Waals surface area contributed by atoms with Gasteiger partial charge < -0.3 is 10.6 Å². The molecule has 0 aliphatic rings. The summed E-state index contributed by atoms with van der Waals surface area (Å²) in [5.41, 5.74) is 2.84. The maximum Gasteiger partial charge on any atom is 0.272 e. The number of hydrogen-bond donors (Lipinski definition) is 2. The molecule has 0 spiro atoms. The van der Waals surface area contributed by atoms with E-state index in [1.165, 1.54) is 17.4 Å². The molecule has 0 radical (unpaired) electrons. The number of halogens is 2. The number of carbonyl (C=O) groups excluding carboxylic acids is 3. The Morgan fingerprint density at radius 2 is 1.57 bits per heavy atom. The van der Waals surface area contributed by atoms with Crippen molar-refractivity contribution in [3.8, 4) is 0 Å². The first-order valence-electron chi connectivity index (χ1n) is 11.1. The first kappa shape index (κ1) is 26.1. The number of rotatable bonds is 8.